The van der Waals surface area contributed by atoms with Gasteiger partial charge < -0.3 is 0 Å². The van der Waals surface area contributed by atoms with Crippen molar-refractivity contribution >= 4 is 31.5 Å². The lowest BCUT2D eigenvalue weighted by Crippen LogP contribution is -2.03. The summed E-state index contributed by atoms with van der Waals surface area (Å²) in [6, 6.07) is 20.1. The Morgan fingerprint density at radius 3 is 2.33 bits per heavy atom. The molecule has 0 aliphatic heterocycles. The van der Waals surface area contributed by atoms with Gasteiger partial charge in [0.1, 0.15) is 0 Å². The molecule has 3 nitrogen and oxygen atoms in total. The third-order valence-corrected chi connectivity index (χ3v) is 6.04. The molecule has 0 bridgehead atoms. The van der Waals surface area contributed by atoms with Gasteiger partial charge in [-0.25, -0.2) is 8.42 Å². The van der Waals surface area contributed by atoms with Gasteiger partial charge >= 0.3 is 0 Å². The lowest BCUT2D eigenvalue weighted by Gasteiger charge is -2.10. The molecule has 0 atom stereocenters. The molecule has 0 amide bonds. The van der Waals surface area contributed by atoms with Crippen LogP contribution in [0.3, 0.4) is 0 Å². The standard InChI is InChI=1S/C20H15NO2S/c1-14-6-9-16(10-7-14)24(22,23)19-12-13-21-20-17-5-3-2-4-15(17)8-11-18(19)20/h2-13H,1H3. The minimum atomic E-state index is -3.59. The van der Waals surface area contributed by atoms with E-state index >= 15 is 0 Å². The van der Waals surface area contributed by atoms with Crippen molar-refractivity contribution in [1.82, 2.24) is 4.98 Å². The van der Waals surface area contributed by atoms with Crippen LogP contribution in [0.5, 0.6) is 0 Å². The first-order chi connectivity index (χ1) is 11.6. The van der Waals surface area contributed by atoms with Crippen molar-refractivity contribution in [3.05, 3.63) is 78.5 Å². The third-order valence-electron chi connectivity index (χ3n) is 4.22. The molecule has 4 aromatic rings. The monoisotopic (exact) mass is 333 g/mol. The topological polar surface area (TPSA) is 47.0 Å². The fourth-order valence-electron chi connectivity index (χ4n) is 2.94. The number of rotatable bonds is 2. The highest BCUT2D eigenvalue weighted by molar-refractivity contribution is 7.91. The van der Waals surface area contributed by atoms with Crippen LogP contribution in [0, 0.1) is 6.92 Å². The third kappa shape index (κ3) is 2.27. The number of hydrogen-bond donors (Lipinski definition) is 0. The smallest absolute Gasteiger partial charge is 0.207 e. The van der Waals surface area contributed by atoms with Crippen LogP contribution in [0.4, 0.5) is 0 Å². The average Bonchev–Trinajstić information content (AvgIpc) is 2.61. The lowest BCUT2D eigenvalue weighted by molar-refractivity contribution is 0.597. The highest BCUT2D eigenvalue weighted by Crippen LogP contribution is 2.31. The molecule has 1 heterocycles. The van der Waals surface area contributed by atoms with Crippen LogP contribution in [0.2, 0.25) is 0 Å². The van der Waals surface area contributed by atoms with E-state index in [2.05, 4.69) is 4.98 Å². The maximum atomic E-state index is 13.1. The fourth-order valence-corrected chi connectivity index (χ4v) is 4.38. The van der Waals surface area contributed by atoms with Gasteiger partial charge in [0.25, 0.3) is 0 Å². The molecule has 0 spiro atoms. The Labute approximate surface area is 140 Å². The van der Waals surface area contributed by atoms with E-state index in [9.17, 15) is 8.42 Å². The molecule has 118 valence electrons. The van der Waals surface area contributed by atoms with E-state index in [4.69, 9.17) is 0 Å². The summed E-state index contributed by atoms with van der Waals surface area (Å²) in [5.41, 5.74) is 1.74. The first kappa shape index (κ1) is 14.8. The van der Waals surface area contributed by atoms with Crippen LogP contribution in [0.25, 0.3) is 21.7 Å². The van der Waals surface area contributed by atoms with Gasteiger partial charge in [-0.15, -0.1) is 0 Å². The molecule has 0 saturated carbocycles. The molecule has 0 radical (unpaired) electrons. The van der Waals surface area contributed by atoms with Gasteiger partial charge in [-0.2, -0.15) is 0 Å². The van der Waals surface area contributed by atoms with Crippen molar-refractivity contribution in [3.63, 3.8) is 0 Å². The molecule has 0 unspecified atom stereocenters. The number of aromatic nitrogens is 1. The van der Waals surface area contributed by atoms with Crippen molar-refractivity contribution < 1.29 is 8.42 Å². The van der Waals surface area contributed by atoms with Crippen molar-refractivity contribution in [1.29, 1.82) is 0 Å². The molecule has 1 aromatic heterocycles. The summed E-state index contributed by atoms with van der Waals surface area (Å²) in [5.74, 6) is 0. The lowest BCUT2D eigenvalue weighted by atomic mass is 10.1. The summed E-state index contributed by atoms with van der Waals surface area (Å²) in [7, 11) is -3.59. The summed E-state index contributed by atoms with van der Waals surface area (Å²) in [6.07, 6.45) is 1.57. The van der Waals surface area contributed by atoms with Crippen molar-refractivity contribution in [2.45, 2.75) is 16.7 Å². The Morgan fingerprint density at radius 2 is 1.54 bits per heavy atom. The Kier molecular flexibility index (Phi) is 3.36. The van der Waals surface area contributed by atoms with Gasteiger partial charge in [-0.3, -0.25) is 4.98 Å². The number of sulfone groups is 1. The highest BCUT2D eigenvalue weighted by Gasteiger charge is 2.21. The molecular formula is C20H15NO2S. The van der Waals surface area contributed by atoms with Crippen LogP contribution in [0.15, 0.2) is 82.7 Å². The second-order valence-corrected chi connectivity index (χ2v) is 7.73. The van der Waals surface area contributed by atoms with Gasteiger partial charge in [0, 0.05) is 17.0 Å². The van der Waals surface area contributed by atoms with Gasteiger partial charge in [0.15, 0.2) is 0 Å². The summed E-state index contributed by atoms with van der Waals surface area (Å²) in [4.78, 5) is 5.02. The second kappa shape index (κ2) is 5.42. The first-order valence-corrected chi connectivity index (χ1v) is 9.14. The van der Waals surface area contributed by atoms with Crippen LogP contribution in [-0.4, -0.2) is 13.4 Å². The molecule has 4 heteroatoms. The molecule has 3 aromatic carbocycles. The zero-order chi connectivity index (χ0) is 16.7. The molecule has 0 aliphatic rings. The maximum Gasteiger partial charge on any atom is 0.207 e. The number of hydrogen-bond acceptors (Lipinski definition) is 3. The number of fused-ring (bicyclic) bond motifs is 3. The van der Waals surface area contributed by atoms with Gasteiger partial charge in [0.05, 0.1) is 15.3 Å². The van der Waals surface area contributed by atoms with Gasteiger partial charge in [-0.05, 0) is 30.5 Å². The number of nitrogens with zero attached hydrogens (tertiary/aromatic N) is 1. The van der Waals surface area contributed by atoms with Gasteiger partial charge in [0.2, 0.25) is 9.84 Å². The average molecular weight is 333 g/mol. The van der Waals surface area contributed by atoms with Crippen LogP contribution in [-0.2, 0) is 9.84 Å². The predicted octanol–water partition coefficient (Wildman–Crippen LogP) is 4.53. The van der Waals surface area contributed by atoms with E-state index in [1.807, 2.05) is 55.5 Å². The van der Waals surface area contributed by atoms with E-state index in [1.54, 1.807) is 24.4 Å². The zero-order valence-electron chi connectivity index (χ0n) is 13.1. The van der Waals surface area contributed by atoms with Crippen molar-refractivity contribution in [2.24, 2.45) is 0 Å². The van der Waals surface area contributed by atoms with Crippen LogP contribution < -0.4 is 0 Å². The second-order valence-electron chi connectivity index (χ2n) is 5.81. The number of benzene rings is 3. The van der Waals surface area contributed by atoms with E-state index in [1.165, 1.54) is 0 Å². The molecule has 4 rings (SSSR count). The Balaban J connectivity index is 2.03. The fraction of sp³-hybridized carbons (Fsp3) is 0.0500. The SMILES string of the molecule is Cc1ccc(S(=O)(=O)c2ccnc3c2ccc2ccccc23)cc1. The molecule has 0 saturated heterocycles. The largest absolute Gasteiger partial charge is 0.256 e. The Morgan fingerprint density at radius 1 is 0.792 bits per heavy atom. The van der Waals surface area contributed by atoms with Crippen molar-refractivity contribution in [2.75, 3.05) is 0 Å². The van der Waals surface area contributed by atoms with E-state index in [0.717, 1.165) is 16.3 Å². The zero-order valence-corrected chi connectivity index (χ0v) is 13.9. The number of pyridine rings is 1. The molecule has 24 heavy (non-hydrogen) atoms. The molecular weight excluding hydrogens is 318 g/mol. The number of aryl methyl sites for hydroxylation is 1. The first-order valence-electron chi connectivity index (χ1n) is 7.65. The summed E-state index contributed by atoms with van der Waals surface area (Å²) in [5, 5.41) is 2.65. The maximum absolute atomic E-state index is 13.1. The van der Waals surface area contributed by atoms with E-state index in [0.29, 0.717) is 20.7 Å². The summed E-state index contributed by atoms with van der Waals surface area (Å²) >= 11 is 0. The molecule has 0 fully saturated rings. The minimum Gasteiger partial charge on any atom is -0.256 e. The minimum absolute atomic E-state index is 0.294. The highest BCUT2D eigenvalue weighted by atomic mass is 32.2. The van der Waals surface area contributed by atoms with Crippen LogP contribution >= 0.6 is 0 Å². The van der Waals surface area contributed by atoms with Crippen LogP contribution in [0.1, 0.15) is 5.56 Å². The Bertz CT molecular complexity index is 1160. The Hall–Kier alpha value is -2.72. The van der Waals surface area contributed by atoms with Crippen molar-refractivity contribution in [3.8, 4) is 0 Å². The predicted molar refractivity (Wildman–Crippen MR) is 95.9 cm³/mol. The van der Waals surface area contributed by atoms with E-state index in [-0.39, 0.29) is 0 Å². The van der Waals surface area contributed by atoms with E-state index < -0.39 is 9.84 Å². The quantitative estimate of drug-likeness (QED) is 0.506. The molecule has 0 N–H and O–H groups in total. The summed E-state index contributed by atoms with van der Waals surface area (Å²) in [6.45, 7) is 1.93. The summed E-state index contributed by atoms with van der Waals surface area (Å²) < 4.78 is 26.1. The normalized spacial score (nSPS) is 11.9. The van der Waals surface area contributed by atoms with Gasteiger partial charge in [-0.1, -0.05) is 54.1 Å². The molecule has 0 aliphatic carbocycles.